The molecule has 3 aromatic rings. The molecule has 2 N–H and O–H groups in total. The molecule has 1 aliphatic heterocycles. The maximum atomic E-state index is 10.8. The SMILES string of the molecule is C[C@@H](N[C@@H](c1c(O)ccc2ccccc12)[C@H]1COC(C)(C)O1)c1ccccc1. The van der Waals surface area contributed by atoms with E-state index in [1.807, 2.05) is 56.3 Å². The second-order valence-corrected chi connectivity index (χ2v) is 7.86. The van der Waals surface area contributed by atoms with Crippen LogP contribution in [0.2, 0.25) is 0 Å². The first-order valence-corrected chi connectivity index (χ1v) is 9.78. The van der Waals surface area contributed by atoms with Crippen molar-refractivity contribution in [3.05, 3.63) is 77.9 Å². The van der Waals surface area contributed by atoms with Gasteiger partial charge in [0, 0.05) is 11.6 Å². The Balaban J connectivity index is 1.77. The molecule has 146 valence electrons. The minimum Gasteiger partial charge on any atom is -0.508 e. The lowest BCUT2D eigenvalue weighted by Gasteiger charge is -2.30. The third-order valence-corrected chi connectivity index (χ3v) is 5.39. The molecule has 0 spiro atoms. The standard InChI is InChI=1S/C24H27NO3/c1-16(17-9-5-4-6-10-17)25-23(21-15-27-24(2,3)28-21)22-19-12-8-7-11-18(19)13-14-20(22)26/h4-14,16,21,23,25-26H,15H2,1-3H3/t16-,21-,23-/m1/s1. The maximum Gasteiger partial charge on any atom is 0.163 e. The zero-order valence-electron chi connectivity index (χ0n) is 16.6. The third-order valence-electron chi connectivity index (χ3n) is 5.39. The van der Waals surface area contributed by atoms with Crippen molar-refractivity contribution in [3.63, 3.8) is 0 Å². The molecule has 0 bridgehead atoms. The van der Waals surface area contributed by atoms with Crippen LogP contribution in [-0.4, -0.2) is 23.6 Å². The van der Waals surface area contributed by atoms with Crippen molar-refractivity contribution in [1.29, 1.82) is 0 Å². The summed E-state index contributed by atoms with van der Waals surface area (Å²) >= 11 is 0. The number of fused-ring (bicyclic) bond motifs is 1. The fraction of sp³-hybridized carbons (Fsp3) is 0.333. The van der Waals surface area contributed by atoms with Gasteiger partial charge in [0.1, 0.15) is 11.9 Å². The summed E-state index contributed by atoms with van der Waals surface area (Å²) in [5.41, 5.74) is 2.04. The van der Waals surface area contributed by atoms with Gasteiger partial charge < -0.3 is 19.9 Å². The van der Waals surface area contributed by atoms with E-state index in [0.717, 1.165) is 16.3 Å². The molecular formula is C24H27NO3. The summed E-state index contributed by atoms with van der Waals surface area (Å²) in [5.74, 6) is -0.370. The van der Waals surface area contributed by atoms with Crippen LogP contribution in [0.1, 0.15) is 44.0 Å². The summed E-state index contributed by atoms with van der Waals surface area (Å²) in [6.45, 7) is 6.45. The van der Waals surface area contributed by atoms with E-state index in [9.17, 15) is 5.11 Å². The smallest absolute Gasteiger partial charge is 0.163 e. The number of rotatable bonds is 5. The summed E-state index contributed by atoms with van der Waals surface area (Å²) in [6.07, 6.45) is -0.210. The van der Waals surface area contributed by atoms with Crippen molar-refractivity contribution in [2.75, 3.05) is 6.61 Å². The molecule has 3 atom stereocenters. The number of ether oxygens (including phenoxy) is 2. The van der Waals surface area contributed by atoms with E-state index < -0.39 is 5.79 Å². The highest BCUT2D eigenvalue weighted by atomic mass is 16.7. The van der Waals surface area contributed by atoms with E-state index >= 15 is 0 Å². The zero-order chi connectivity index (χ0) is 19.7. The monoisotopic (exact) mass is 377 g/mol. The van der Waals surface area contributed by atoms with Crippen LogP contribution in [0, 0.1) is 0 Å². The Morgan fingerprint density at radius 2 is 1.71 bits per heavy atom. The van der Waals surface area contributed by atoms with Crippen LogP contribution in [0.5, 0.6) is 5.75 Å². The Labute approximate surface area is 166 Å². The minimum absolute atomic E-state index is 0.0804. The molecule has 0 amide bonds. The molecule has 1 fully saturated rings. The highest BCUT2D eigenvalue weighted by Gasteiger charge is 2.40. The fourth-order valence-corrected chi connectivity index (χ4v) is 3.97. The molecule has 0 unspecified atom stereocenters. The van der Waals surface area contributed by atoms with Gasteiger partial charge in [-0.1, -0.05) is 60.7 Å². The Morgan fingerprint density at radius 1 is 1.00 bits per heavy atom. The molecule has 0 radical (unpaired) electrons. The lowest BCUT2D eigenvalue weighted by atomic mass is 9.93. The van der Waals surface area contributed by atoms with Crippen LogP contribution in [0.15, 0.2) is 66.7 Å². The summed E-state index contributed by atoms with van der Waals surface area (Å²) in [5, 5.41) is 16.6. The maximum absolute atomic E-state index is 10.8. The molecule has 1 saturated heterocycles. The van der Waals surface area contributed by atoms with Gasteiger partial charge in [0.05, 0.1) is 12.6 Å². The largest absolute Gasteiger partial charge is 0.508 e. The molecule has 3 aromatic carbocycles. The molecule has 0 aromatic heterocycles. The third kappa shape index (κ3) is 3.76. The van der Waals surface area contributed by atoms with Gasteiger partial charge in [0.15, 0.2) is 5.79 Å². The van der Waals surface area contributed by atoms with Gasteiger partial charge in [-0.15, -0.1) is 0 Å². The molecule has 4 rings (SSSR count). The lowest BCUT2D eigenvalue weighted by molar-refractivity contribution is -0.142. The predicted octanol–water partition coefficient (Wildman–Crippen LogP) is 5.09. The lowest BCUT2D eigenvalue weighted by Crippen LogP contribution is -2.36. The van der Waals surface area contributed by atoms with Crippen LogP contribution in [0.4, 0.5) is 0 Å². The van der Waals surface area contributed by atoms with Gasteiger partial charge in [0.2, 0.25) is 0 Å². The number of benzene rings is 3. The molecule has 4 nitrogen and oxygen atoms in total. The average molecular weight is 377 g/mol. The van der Waals surface area contributed by atoms with E-state index in [2.05, 4.69) is 30.4 Å². The second-order valence-electron chi connectivity index (χ2n) is 7.86. The van der Waals surface area contributed by atoms with Gasteiger partial charge in [-0.25, -0.2) is 0 Å². The van der Waals surface area contributed by atoms with Crippen molar-refractivity contribution in [1.82, 2.24) is 5.32 Å². The van der Waals surface area contributed by atoms with Gasteiger partial charge >= 0.3 is 0 Å². The second kappa shape index (κ2) is 7.55. The molecular weight excluding hydrogens is 350 g/mol. The van der Waals surface area contributed by atoms with E-state index in [-0.39, 0.29) is 23.9 Å². The highest BCUT2D eigenvalue weighted by Crippen LogP contribution is 2.39. The number of phenolic OH excluding ortho intramolecular Hbond substituents is 1. The number of nitrogens with one attached hydrogen (secondary N) is 1. The zero-order valence-corrected chi connectivity index (χ0v) is 16.6. The Kier molecular flexibility index (Phi) is 5.11. The predicted molar refractivity (Wildman–Crippen MR) is 111 cm³/mol. The van der Waals surface area contributed by atoms with Crippen molar-refractivity contribution in [2.45, 2.75) is 44.7 Å². The van der Waals surface area contributed by atoms with Crippen molar-refractivity contribution >= 4 is 10.8 Å². The number of hydrogen-bond acceptors (Lipinski definition) is 4. The summed E-state index contributed by atoms with van der Waals surface area (Å²) in [6, 6.07) is 22.0. The van der Waals surface area contributed by atoms with Crippen molar-refractivity contribution < 1.29 is 14.6 Å². The normalized spacial score (nSPS) is 20.9. The number of aromatic hydroxyl groups is 1. The fourth-order valence-electron chi connectivity index (χ4n) is 3.97. The molecule has 28 heavy (non-hydrogen) atoms. The van der Waals surface area contributed by atoms with E-state index in [4.69, 9.17) is 9.47 Å². The topological polar surface area (TPSA) is 50.7 Å². The van der Waals surface area contributed by atoms with Crippen molar-refractivity contribution in [2.24, 2.45) is 0 Å². The van der Waals surface area contributed by atoms with Gasteiger partial charge in [-0.05, 0) is 43.2 Å². The Bertz CT molecular complexity index is 954. The minimum atomic E-state index is -0.638. The highest BCUT2D eigenvalue weighted by molar-refractivity contribution is 5.88. The van der Waals surface area contributed by atoms with Crippen LogP contribution < -0.4 is 5.32 Å². The van der Waals surface area contributed by atoms with Crippen LogP contribution in [0.3, 0.4) is 0 Å². The van der Waals surface area contributed by atoms with E-state index in [1.54, 1.807) is 6.07 Å². The summed E-state index contributed by atoms with van der Waals surface area (Å²) < 4.78 is 12.1. The van der Waals surface area contributed by atoms with Crippen LogP contribution in [0.25, 0.3) is 10.8 Å². The molecule has 0 saturated carbocycles. The van der Waals surface area contributed by atoms with Gasteiger partial charge in [0.25, 0.3) is 0 Å². The quantitative estimate of drug-likeness (QED) is 0.650. The molecule has 1 aliphatic rings. The first-order chi connectivity index (χ1) is 13.4. The van der Waals surface area contributed by atoms with Crippen LogP contribution >= 0.6 is 0 Å². The molecule has 1 heterocycles. The van der Waals surface area contributed by atoms with Gasteiger partial charge in [-0.3, -0.25) is 0 Å². The molecule has 4 heteroatoms. The van der Waals surface area contributed by atoms with Crippen LogP contribution in [-0.2, 0) is 9.47 Å². The molecule has 0 aliphatic carbocycles. The van der Waals surface area contributed by atoms with E-state index in [0.29, 0.717) is 6.61 Å². The number of hydrogen-bond donors (Lipinski definition) is 2. The van der Waals surface area contributed by atoms with Gasteiger partial charge in [-0.2, -0.15) is 0 Å². The Morgan fingerprint density at radius 3 is 2.43 bits per heavy atom. The first-order valence-electron chi connectivity index (χ1n) is 9.78. The Hall–Kier alpha value is -2.40. The van der Waals surface area contributed by atoms with E-state index in [1.165, 1.54) is 5.56 Å². The first kappa shape index (κ1) is 18.9. The summed E-state index contributed by atoms with van der Waals surface area (Å²) in [4.78, 5) is 0. The van der Waals surface area contributed by atoms with Crippen molar-refractivity contribution in [3.8, 4) is 5.75 Å². The number of phenols is 1. The summed E-state index contributed by atoms with van der Waals surface area (Å²) in [7, 11) is 0. The average Bonchev–Trinajstić information content (AvgIpc) is 3.06.